The molecule has 0 atom stereocenters. The van der Waals surface area contributed by atoms with Crippen LogP contribution < -0.4 is 5.56 Å². The molecule has 2 aromatic carbocycles. The molecule has 5 heteroatoms. The maximum Gasteiger partial charge on any atom is 0.292 e. The van der Waals surface area contributed by atoms with Crippen LogP contribution in [-0.4, -0.2) is 9.67 Å². The number of hydrogen-bond donors (Lipinski definition) is 1. The van der Waals surface area contributed by atoms with Crippen molar-refractivity contribution in [1.29, 1.82) is 0 Å². The fourth-order valence-corrected chi connectivity index (χ4v) is 2.37. The minimum Gasteiger partial charge on any atom is -0.503 e. The van der Waals surface area contributed by atoms with Crippen molar-refractivity contribution in [3.05, 3.63) is 88.3 Å². The van der Waals surface area contributed by atoms with Crippen molar-refractivity contribution >= 4 is 0 Å². The average molecular weight is 313 g/mol. The third kappa shape index (κ3) is 3.13. The summed E-state index contributed by atoms with van der Waals surface area (Å²) in [5.74, 6) is -1.33. The molecule has 0 radical (unpaired) electrons. The average Bonchev–Trinajstić information content (AvgIpc) is 2.53. The molecule has 0 unspecified atom stereocenters. The van der Waals surface area contributed by atoms with E-state index in [4.69, 9.17) is 0 Å². The van der Waals surface area contributed by atoms with Gasteiger partial charge in [-0.2, -0.15) is 0 Å². The molecule has 0 saturated carbocycles. The van der Waals surface area contributed by atoms with E-state index >= 15 is 0 Å². The SMILES string of the molecule is O=c1c(O)cc(-c2cccc(F)c2)cn1Cc1ccccc1F. The number of aromatic hydroxyl groups is 1. The number of rotatable bonds is 3. The minimum atomic E-state index is -0.631. The zero-order valence-electron chi connectivity index (χ0n) is 12.0. The predicted molar refractivity (Wildman–Crippen MR) is 83.3 cm³/mol. The first-order valence-corrected chi connectivity index (χ1v) is 6.97. The number of halogens is 2. The quantitative estimate of drug-likeness (QED) is 0.803. The van der Waals surface area contributed by atoms with Crippen LogP contribution in [-0.2, 0) is 6.54 Å². The molecule has 0 amide bonds. The molecule has 116 valence electrons. The lowest BCUT2D eigenvalue weighted by molar-refractivity contribution is 0.458. The van der Waals surface area contributed by atoms with Crippen molar-refractivity contribution in [2.24, 2.45) is 0 Å². The maximum atomic E-state index is 13.8. The van der Waals surface area contributed by atoms with E-state index in [1.165, 1.54) is 41.1 Å². The molecule has 1 heterocycles. The minimum absolute atomic E-state index is 0.0256. The molecule has 0 fully saturated rings. The summed E-state index contributed by atoms with van der Waals surface area (Å²) < 4.78 is 28.3. The molecule has 0 aliphatic carbocycles. The lowest BCUT2D eigenvalue weighted by Gasteiger charge is -2.10. The highest BCUT2D eigenvalue weighted by molar-refractivity contribution is 5.63. The van der Waals surface area contributed by atoms with Gasteiger partial charge in [-0.15, -0.1) is 0 Å². The van der Waals surface area contributed by atoms with Gasteiger partial charge in [-0.25, -0.2) is 8.78 Å². The highest BCUT2D eigenvalue weighted by Gasteiger charge is 2.10. The van der Waals surface area contributed by atoms with E-state index < -0.39 is 22.9 Å². The topological polar surface area (TPSA) is 42.2 Å². The number of hydrogen-bond acceptors (Lipinski definition) is 2. The number of nitrogens with zero attached hydrogens (tertiary/aromatic N) is 1. The van der Waals surface area contributed by atoms with Crippen LogP contribution in [0.3, 0.4) is 0 Å². The van der Waals surface area contributed by atoms with Crippen LogP contribution in [0, 0.1) is 11.6 Å². The second kappa shape index (κ2) is 6.04. The lowest BCUT2D eigenvalue weighted by atomic mass is 10.1. The van der Waals surface area contributed by atoms with E-state index in [2.05, 4.69) is 0 Å². The Balaban J connectivity index is 2.07. The van der Waals surface area contributed by atoms with Gasteiger partial charge in [0, 0.05) is 17.3 Å². The molecule has 23 heavy (non-hydrogen) atoms. The molecule has 3 rings (SSSR count). The van der Waals surface area contributed by atoms with Gasteiger partial charge in [0.25, 0.3) is 5.56 Å². The summed E-state index contributed by atoms with van der Waals surface area (Å²) in [5, 5.41) is 9.84. The van der Waals surface area contributed by atoms with E-state index in [0.29, 0.717) is 16.7 Å². The molecule has 0 spiro atoms. The van der Waals surface area contributed by atoms with E-state index in [9.17, 15) is 18.7 Å². The Bertz CT molecular complexity index is 919. The highest BCUT2D eigenvalue weighted by atomic mass is 19.1. The van der Waals surface area contributed by atoms with Gasteiger partial charge in [0.15, 0.2) is 5.75 Å². The van der Waals surface area contributed by atoms with Crippen LogP contribution in [0.1, 0.15) is 5.56 Å². The third-order valence-corrected chi connectivity index (χ3v) is 3.52. The molecule has 0 saturated heterocycles. The Kier molecular flexibility index (Phi) is 3.93. The van der Waals surface area contributed by atoms with Crippen molar-refractivity contribution in [3.63, 3.8) is 0 Å². The molecule has 1 aromatic heterocycles. The summed E-state index contributed by atoms with van der Waals surface area (Å²) >= 11 is 0. The Labute approximate surface area is 131 Å². The number of pyridine rings is 1. The molecular formula is C18H13F2NO2. The van der Waals surface area contributed by atoms with Gasteiger partial charge in [0.1, 0.15) is 11.6 Å². The summed E-state index contributed by atoms with van der Waals surface area (Å²) in [6.07, 6.45) is 1.48. The van der Waals surface area contributed by atoms with E-state index in [1.807, 2.05) is 0 Å². The van der Waals surface area contributed by atoms with Crippen molar-refractivity contribution in [2.45, 2.75) is 6.54 Å². The van der Waals surface area contributed by atoms with Gasteiger partial charge in [-0.3, -0.25) is 4.79 Å². The van der Waals surface area contributed by atoms with Crippen molar-refractivity contribution in [1.82, 2.24) is 4.57 Å². The molecule has 3 nitrogen and oxygen atoms in total. The molecule has 0 bridgehead atoms. The Hall–Kier alpha value is -2.95. The normalized spacial score (nSPS) is 10.7. The zero-order valence-corrected chi connectivity index (χ0v) is 12.0. The molecule has 0 aliphatic rings. The summed E-state index contributed by atoms with van der Waals surface area (Å²) in [6.45, 7) is -0.0256. The molecule has 1 N–H and O–H groups in total. The summed E-state index contributed by atoms with van der Waals surface area (Å²) in [6, 6.07) is 13.2. The van der Waals surface area contributed by atoms with E-state index in [1.54, 1.807) is 24.3 Å². The lowest BCUT2D eigenvalue weighted by Crippen LogP contribution is -2.20. The van der Waals surface area contributed by atoms with Crippen LogP contribution in [0.25, 0.3) is 11.1 Å². The van der Waals surface area contributed by atoms with E-state index in [-0.39, 0.29) is 6.54 Å². The standard InChI is InChI=1S/C18H13F2NO2/c19-15-6-3-5-12(8-15)14-9-17(22)18(23)21(11-14)10-13-4-1-2-7-16(13)20/h1-9,11,22H,10H2. The van der Waals surface area contributed by atoms with Gasteiger partial charge in [0.2, 0.25) is 0 Å². The number of aromatic nitrogens is 1. The van der Waals surface area contributed by atoms with Crippen molar-refractivity contribution in [2.75, 3.05) is 0 Å². The van der Waals surface area contributed by atoms with E-state index in [0.717, 1.165) is 0 Å². The first-order chi connectivity index (χ1) is 11.0. The van der Waals surface area contributed by atoms with Crippen LogP contribution >= 0.6 is 0 Å². The monoisotopic (exact) mass is 313 g/mol. The fraction of sp³-hybridized carbons (Fsp3) is 0.0556. The molecule has 3 aromatic rings. The van der Waals surface area contributed by atoms with Crippen LogP contribution in [0.4, 0.5) is 8.78 Å². The second-order valence-corrected chi connectivity index (χ2v) is 5.15. The summed E-state index contributed by atoms with van der Waals surface area (Å²) in [5.41, 5.74) is 0.680. The van der Waals surface area contributed by atoms with Gasteiger partial charge >= 0.3 is 0 Å². The second-order valence-electron chi connectivity index (χ2n) is 5.15. The maximum absolute atomic E-state index is 13.8. The molecular weight excluding hydrogens is 300 g/mol. The van der Waals surface area contributed by atoms with Gasteiger partial charge in [-0.05, 0) is 29.8 Å². The van der Waals surface area contributed by atoms with Crippen LogP contribution in [0.2, 0.25) is 0 Å². The van der Waals surface area contributed by atoms with Gasteiger partial charge in [0.05, 0.1) is 6.54 Å². The highest BCUT2D eigenvalue weighted by Crippen LogP contribution is 2.22. The smallest absolute Gasteiger partial charge is 0.292 e. The molecule has 0 aliphatic heterocycles. The van der Waals surface area contributed by atoms with Gasteiger partial charge in [-0.1, -0.05) is 30.3 Å². The van der Waals surface area contributed by atoms with Crippen molar-refractivity contribution in [3.8, 4) is 16.9 Å². The predicted octanol–water partition coefficient (Wildman–Crippen LogP) is 3.55. The van der Waals surface area contributed by atoms with Gasteiger partial charge < -0.3 is 9.67 Å². The van der Waals surface area contributed by atoms with Crippen molar-refractivity contribution < 1.29 is 13.9 Å². The Morgan fingerprint density at radius 1 is 0.957 bits per heavy atom. The first kappa shape index (κ1) is 15.0. The van der Waals surface area contributed by atoms with Crippen LogP contribution in [0.5, 0.6) is 5.75 Å². The fourth-order valence-electron chi connectivity index (χ4n) is 2.37. The van der Waals surface area contributed by atoms with Crippen LogP contribution in [0.15, 0.2) is 65.6 Å². The number of benzene rings is 2. The zero-order chi connectivity index (χ0) is 16.4. The Morgan fingerprint density at radius 3 is 2.48 bits per heavy atom. The largest absolute Gasteiger partial charge is 0.503 e. The summed E-state index contributed by atoms with van der Waals surface area (Å²) in [7, 11) is 0. The first-order valence-electron chi connectivity index (χ1n) is 6.97. The summed E-state index contributed by atoms with van der Waals surface area (Å²) in [4.78, 5) is 12.1. The Morgan fingerprint density at radius 2 is 1.74 bits per heavy atom. The third-order valence-electron chi connectivity index (χ3n) is 3.52.